The zero-order valence-corrected chi connectivity index (χ0v) is 21.1. The van der Waals surface area contributed by atoms with E-state index in [2.05, 4.69) is 20.4 Å². The number of ether oxygens (including phenoxy) is 1. The number of halogens is 3. The number of methoxy groups -OCH3 is 1. The van der Waals surface area contributed by atoms with Gasteiger partial charge in [0, 0.05) is 0 Å². The number of nitrogens with one attached hydrogen (secondary N) is 1. The second-order valence-corrected chi connectivity index (χ2v) is 10.3. The Morgan fingerprint density at radius 2 is 1.78 bits per heavy atom. The van der Waals surface area contributed by atoms with Crippen LogP contribution in [0.4, 0.5) is 18.9 Å². The standard InChI is InChI=1S/C26H18AsF3N5O2/c1-37-21-10-8-20(9-11-21)35-24-22(14-33-35)23(31-15-32-24)27-18-6-2-4-16(12-18)25(36)34-19-7-3-5-17(13-19)26(28,29)30/h2-15H,1H3,(H,34,36). The molecule has 0 saturated carbocycles. The van der Waals surface area contributed by atoms with Crippen molar-refractivity contribution in [1.29, 1.82) is 0 Å². The van der Waals surface area contributed by atoms with Crippen LogP contribution in [0.15, 0.2) is 85.3 Å². The van der Waals surface area contributed by atoms with Gasteiger partial charge in [-0.1, -0.05) is 0 Å². The number of nitrogens with zero attached hydrogens (tertiary/aromatic N) is 4. The number of benzene rings is 3. The Labute approximate surface area is 216 Å². The number of amides is 1. The summed E-state index contributed by atoms with van der Waals surface area (Å²) in [6.07, 6.45) is -1.29. The summed E-state index contributed by atoms with van der Waals surface area (Å²) in [6.45, 7) is 0. The van der Waals surface area contributed by atoms with E-state index in [9.17, 15) is 18.0 Å². The average molecular weight is 564 g/mol. The number of carbonyl (C=O) groups is 1. The van der Waals surface area contributed by atoms with Gasteiger partial charge in [0.25, 0.3) is 0 Å². The van der Waals surface area contributed by atoms with E-state index >= 15 is 0 Å². The quantitative estimate of drug-likeness (QED) is 0.318. The normalized spacial score (nSPS) is 11.8. The molecule has 185 valence electrons. The molecular formula is C26H18AsF3N5O2. The molecule has 7 nitrogen and oxygen atoms in total. The topological polar surface area (TPSA) is 81.9 Å². The molecule has 0 spiro atoms. The van der Waals surface area contributed by atoms with Crippen LogP contribution in [-0.4, -0.2) is 48.5 Å². The van der Waals surface area contributed by atoms with Crippen LogP contribution in [0.2, 0.25) is 0 Å². The fraction of sp³-hybridized carbons (Fsp3) is 0.0769. The molecule has 11 heteroatoms. The van der Waals surface area contributed by atoms with Gasteiger partial charge < -0.3 is 0 Å². The third-order valence-corrected chi connectivity index (χ3v) is 7.77. The first kappa shape index (κ1) is 24.5. The van der Waals surface area contributed by atoms with Gasteiger partial charge in [-0.2, -0.15) is 0 Å². The minimum atomic E-state index is -4.49. The van der Waals surface area contributed by atoms with E-state index in [0.29, 0.717) is 11.2 Å². The van der Waals surface area contributed by atoms with E-state index in [0.717, 1.165) is 37.8 Å². The van der Waals surface area contributed by atoms with Crippen molar-refractivity contribution in [3.8, 4) is 11.4 Å². The van der Waals surface area contributed by atoms with Crippen LogP contribution in [0.1, 0.15) is 15.9 Å². The molecule has 0 bridgehead atoms. The van der Waals surface area contributed by atoms with Crippen LogP contribution < -0.4 is 18.9 Å². The summed E-state index contributed by atoms with van der Waals surface area (Å²) in [6, 6.07) is 19.0. The Kier molecular flexibility index (Phi) is 6.67. The van der Waals surface area contributed by atoms with Crippen LogP contribution >= 0.6 is 0 Å². The van der Waals surface area contributed by atoms with E-state index in [1.54, 1.807) is 36.2 Å². The van der Waals surface area contributed by atoms with E-state index in [1.165, 1.54) is 18.5 Å². The molecule has 1 N–H and O–H groups in total. The molecule has 0 atom stereocenters. The van der Waals surface area contributed by atoms with Crippen LogP contribution in [0, 0.1) is 0 Å². The Bertz CT molecular complexity index is 1590. The summed E-state index contributed by atoms with van der Waals surface area (Å²) in [5, 5.41) is 7.83. The maximum absolute atomic E-state index is 13.0. The second kappa shape index (κ2) is 10.1. The molecule has 5 aromatic rings. The fourth-order valence-electron chi connectivity index (χ4n) is 3.65. The van der Waals surface area contributed by atoms with Crippen LogP contribution in [0.3, 0.4) is 0 Å². The summed E-state index contributed by atoms with van der Waals surface area (Å²) in [5.74, 6) is 0.236. The van der Waals surface area contributed by atoms with Crippen molar-refractivity contribution in [1.82, 2.24) is 19.7 Å². The van der Waals surface area contributed by atoms with Crippen LogP contribution in [0.5, 0.6) is 5.75 Å². The molecule has 3 aromatic carbocycles. The van der Waals surface area contributed by atoms with Crippen LogP contribution in [0.25, 0.3) is 16.7 Å². The minimum absolute atomic E-state index is 0.0712. The first-order chi connectivity index (χ1) is 17.8. The van der Waals surface area contributed by atoms with Crippen LogP contribution in [-0.2, 0) is 6.18 Å². The van der Waals surface area contributed by atoms with E-state index in [4.69, 9.17) is 4.74 Å². The zero-order chi connectivity index (χ0) is 26.0. The maximum atomic E-state index is 13.0. The van der Waals surface area contributed by atoms with E-state index in [-0.39, 0.29) is 5.69 Å². The van der Waals surface area contributed by atoms with Crippen molar-refractivity contribution < 1.29 is 22.7 Å². The van der Waals surface area contributed by atoms with Gasteiger partial charge in [-0.05, 0) is 0 Å². The van der Waals surface area contributed by atoms with Gasteiger partial charge in [-0.15, -0.1) is 0 Å². The summed E-state index contributed by atoms with van der Waals surface area (Å²) in [5.41, 5.74) is 1.06. The van der Waals surface area contributed by atoms with Gasteiger partial charge in [-0.25, -0.2) is 0 Å². The molecule has 2 aromatic heterocycles. The molecule has 0 aliphatic heterocycles. The fourth-order valence-corrected chi connectivity index (χ4v) is 5.74. The molecule has 0 unspecified atom stereocenters. The van der Waals surface area contributed by atoms with E-state index < -0.39 is 33.4 Å². The van der Waals surface area contributed by atoms with Crippen molar-refractivity contribution >= 4 is 47.2 Å². The number of hydrogen-bond acceptors (Lipinski definition) is 5. The molecule has 0 fully saturated rings. The molecular weight excluding hydrogens is 546 g/mol. The van der Waals surface area contributed by atoms with Crippen molar-refractivity contribution in [2.45, 2.75) is 6.18 Å². The van der Waals surface area contributed by atoms with Crippen molar-refractivity contribution in [3.63, 3.8) is 0 Å². The summed E-state index contributed by atoms with van der Waals surface area (Å²) >= 11 is -0.636. The van der Waals surface area contributed by atoms with Gasteiger partial charge in [0.2, 0.25) is 0 Å². The Morgan fingerprint density at radius 1 is 1.00 bits per heavy atom. The third kappa shape index (κ3) is 5.34. The molecule has 1 radical (unpaired) electrons. The summed E-state index contributed by atoms with van der Waals surface area (Å²) in [4.78, 5) is 21.6. The number of fused-ring (bicyclic) bond motifs is 1. The monoisotopic (exact) mass is 564 g/mol. The van der Waals surface area contributed by atoms with Crippen molar-refractivity contribution in [2.75, 3.05) is 12.4 Å². The molecule has 1 amide bonds. The second-order valence-electron chi connectivity index (χ2n) is 7.88. The van der Waals surface area contributed by atoms with Crippen molar-refractivity contribution in [3.05, 3.63) is 96.4 Å². The number of anilines is 1. The first-order valence-electron chi connectivity index (χ1n) is 11.0. The number of alkyl halides is 3. The number of hydrogen-bond donors (Lipinski definition) is 1. The Morgan fingerprint density at radius 3 is 2.54 bits per heavy atom. The molecule has 2 heterocycles. The van der Waals surface area contributed by atoms with Gasteiger partial charge in [-0.3, -0.25) is 0 Å². The molecule has 0 saturated heterocycles. The third-order valence-electron chi connectivity index (χ3n) is 5.45. The zero-order valence-electron chi connectivity index (χ0n) is 19.3. The molecule has 0 aliphatic rings. The summed E-state index contributed by atoms with van der Waals surface area (Å²) in [7, 11) is 1.60. The van der Waals surface area contributed by atoms with Crippen molar-refractivity contribution in [2.24, 2.45) is 0 Å². The number of carbonyl (C=O) groups excluding carboxylic acids is 1. The first-order valence-corrected chi connectivity index (χ1v) is 12.8. The van der Waals surface area contributed by atoms with Gasteiger partial charge in [0.15, 0.2) is 0 Å². The average Bonchev–Trinajstić information content (AvgIpc) is 3.34. The predicted molar refractivity (Wildman–Crippen MR) is 134 cm³/mol. The van der Waals surface area contributed by atoms with Gasteiger partial charge >= 0.3 is 216 Å². The van der Waals surface area contributed by atoms with Gasteiger partial charge in [0.05, 0.1) is 0 Å². The number of aromatic nitrogens is 4. The summed E-state index contributed by atoms with van der Waals surface area (Å²) < 4.78 is 47.6. The number of rotatable bonds is 6. The Hall–Kier alpha value is -4.17. The Balaban J connectivity index is 1.37. The van der Waals surface area contributed by atoms with Gasteiger partial charge in [0.1, 0.15) is 0 Å². The SMILES string of the molecule is COc1ccc(-n2ncc3c([As]c4cccc(C(=O)Nc5cccc(C(F)(F)F)c5)c4)ncnc32)cc1. The predicted octanol–water partition coefficient (Wildman–Crippen LogP) is 3.75. The molecule has 5 rings (SSSR count). The molecule has 0 aliphatic carbocycles. The van der Waals surface area contributed by atoms with E-state index in [1.807, 2.05) is 30.3 Å². The molecule has 37 heavy (non-hydrogen) atoms.